The second-order valence-corrected chi connectivity index (χ2v) is 7.91. The molecule has 4 rings (SSSR count). The Bertz CT molecular complexity index is 1250. The lowest BCUT2D eigenvalue weighted by Crippen LogP contribution is -2.23. The van der Waals surface area contributed by atoms with Crippen molar-refractivity contribution in [2.75, 3.05) is 0 Å². The van der Waals surface area contributed by atoms with E-state index in [1.54, 1.807) is 22.7 Å². The van der Waals surface area contributed by atoms with E-state index in [2.05, 4.69) is 15.4 Å². The molecule has 0 unspecified atom stereocenters. The average Bonchev–Trinajstić information content (AvgIpc) is 3.17. The number of hydrogen-bond acceptors (Lipinski definition) is 3. The second-order valence-electron chi connectivity index (χ2n) is 7.47. The van der Waals surface area contributed by atoms with E-state index < -0.39 is 0 Å². The third kappa shape index (κ3) is 4.75. The van der Waals surface area contributed by atoms with E-state index in [1.807, 2.05) is 38.1 Å². The number of carbonyl (C=O) groups is 1. The van der Waals surface area contributed by atoms with Gasteiger partial charge in [-0.2, -0.15) is 5.10 Å². The quantitative estimate of drug-likeness (QED) is 0.460. The van der Waals surface area contributed by atoms with Crippen molar-refractivity contribution in [3.8, 4) is 11.3 Å². The molecule has 1 N–H and O–H groups in total. The third-order valence-electron chi connectivity index (χ3n) is 5.29. The highest BCUT2D eigenvalue weighted by Crippen LogP contribution is 2.23. The fourth-order valence-corrected chi connectivity index (χ4v) is 3.73. The van der Waals surface area contributed by atoms with Crippen LogP contribution in [0.5, 0.6) is 0 Å². The van der Waals surface area contributed by atoms with Crippen LogP contribution in [-0.2, 0) is 17.8 Å². The Balaban J connectivity index is 1.48. The minimum atomic E-state index is -0.305. The molecule has 158 valence electrons. The Morgan fingerprint density at radius 3 is 2.65 bits per heavy atom. The number of nitrogens with zero attached hydrogens (tertiary/aromatic N) is 3. The third-order valence-corrected chi connectivity index (χ3v) is 5.54. The first-order valence-corrected chi connectivity index (χ1v) is 10.4. The molecule has 0 atom stereocenters. The van der Waals surface area contributed by atoms with Crippen LogP contribution < -0.4 is 5.32 Å². The van der Waals surface area contributed by atoms with Crippen LogP contribution in [0.3, 0.4) is 0 Å². The SMILES string of the molecule is Cc1nc2cc(-c3cccc(F)c3)nn2c(C)c1CCC(=O)NCc1ccc(Cl)cc1. The Labute approximate surface area is 184 Å². The average molecular weight is 437 g/mol. The molecule has 0 saturated carbocycles. The number of amides is 1. The summed E-state index contributed by atoms with van der Waals surface area (Å²) in [5.41, 5.74) is 5.83. The van der Waals surface area contributed by atoms with E-state index in [4.69, 9.17) is 11.6 Å². The summed E-state index contributed by atoms with van der Waals surface area (Å²) in [7, 11) is 0. The van der Waals surface area contributed by atoms with E-state index in [0.29, 0.717) is 41.3 Å². The fourth-order valence-electron chi connectivity index (χ4n) is 3.61. The fraction of sp³-hybridized carbons (Fsp3) is 0.208. The Kier molecular flexibility index (Phi) is 6.00. The van der Waals surface area contributed by atoms with Crippen molar-refractivity contribution in [2.45, 2.75) is 33.2 Å². The highest BCUT2D eigenvalue weighted by molar-refractivity contribution is 6.30. The summed E-state index contributed by atoms with van der Waals surface area (Å²) in [6, 6.07) is 15.6. The Morgan fingerprint density at radius 1 is 1.13 bits per heavy atom. The van der Waals surface area contributed by atoms with Gasteiger partial charge in [0.1, 0.15) is 5.82 Å². The van der Waals surface area contributed by atoms with E-state index in [0.717, 1.165) is 22.5 Å². The summed E-state index contributed by atoms with van der Waals surface area (Å²) in [6.07, 6.45) is 0.905. The molecule has 0 aliphatic carbocycles. The van der Waals surface area contributed by atoms with Crippen molar-refractivity contribution in [1.29, 1.82) is 0 Å². The van der Waals surface area contributed by atoms with Crippen LogP contribution >= 0.6 is 11.6 Å². The molecule has 7 heteroatoms. The van der Waals surface area contributed by atoms with Crippen molar-refractivity contribution >= 4 is 23.2 Å². The van der Waals surface area contributed by atoms with Gasteiger partial charge in [0.25, 0.3) is 0 Å². The minimum Gasteiger partial charge on any atom is -0.352 e. The zero-order valence-electron chi connectivity index (χ0n) is 17.3. The van der Waals surface area contributed by atoms with Crippen molar-refractivity contribution in [3.05, 3.63) is 88.0 Å². The van der Waals surface area contributed by atoms with Crippen LogP contribution in [0.25, 0.3) is 16.9 Å². The van der Waals surface area contributed by atoms with E-state index in [1.165, 1.54) is 12.1 Å². The van der Waals surface area contributed by atoms with Crippen LogP contribution in [0, 0.1) is 19.7 Å². The molecule has 1 amide bonds. The highest BCUT2D eigenvalue weighted by atomic mass is 35.5. The molecule has 2 aromatic carbocycles. The maximum absolute atomic E-state index is 13.6. The second kappa shape index (κ2) is 8.86. The number of benzene rings is 2. The number of carbonyl (C=O) groups excluding carboxylic acids is 1. The molecule has 31 heavy (non-hydrogen) atoms. The van der Waals surface area contributed by atoms with Gasteiger partial charge in [0.2, 0.25) is 5.91 Å². The highest BCUT2D eigenvalue weighted by Gasteiger charge is 2.14. The number of halogens is 2. The van der Waals surface area contributed by atoms with Crippen LogP contribution in [0.15, 0.2) is 54.6 Å². The van der Waals surface area contributed by atoms with Crippen molar-refractivity contribution in [2.24, 2.45) is 0 Å². The molecule has 0 saturated heterocycles. The number of nitrogens with one attached hydrogen (secondary N) is 1. The number of aromatic nitrogens is 3. The Hall–Kier alpha value is -3.25. The predicted molar refractivity (Wildman–Crippen MR) is 119 cm³/mol. The van der Waals surface area contributed by atoms with E-state index >= 15 is 0 Å². The summed E-state index contributed by atoms with van der Waals surface area (Å²) in [6.45, 7) is 4.36. The summed E-state index contributed by atoms with van der Waals surface area (Å²) in [4.78, 5) is 17.0. The van der Waals surface area contributed by atoms with Gasteiger partial charge < -0.3 is 5.32 Å². The molecule has 0 spiro atoms. The standard InChI is InChI=1S/C24H22ClFN4O/c1-15-21(10-11-24(31)27-14-17-6-8-19(25)9-7-17)16(2)30-23(28-15)13-22(29-30)18-4-3-5-20(26)12-18/h3-9,12-13H,10-11,14H2,1-2H3,(H,27,31). The predicted octanol–water partition coefficient (Wildman–Crippen LogP) is 5.05. The van der Waals surface area contributed by atoms with E-state index in [-0.39, 0.29) is 11.7 Å². The van der Waals surface area contributed by atoms with Gasteiger partial charge in [-0.25, -0.2) is 13.9 Å². The number of rotatable bonds is 6. The van der Waals surface area contributed by atoms with Gasteiger partial charge in [0, 0.05) is 41.0 Å². The summed E-state index contributed by atoms with van der Waals surface area (Å²) in [5.74, 6) is -0.338. The minimum absolute atomic E-state index is 0.0326. The molecule has 2 aromatic heterocycles. The molecule has 0 radical (unpaired) electrons. The summed E-state index contributed by atoms with van der Waals surface area (Å²) < 4.78 is 15.3. The molecule has 0 bridgehead atoms. The van der Waals surface area contributed by atoms with Gasteiger partial charge in [-0.1, -0.05) is 35.9 Å². The molecular weight excluding hydrogens is 415 g/mol. The molecule has 4 aromatic rings. The first-order valence-electron chi connectivity index (χ1n) is 10.0. The molecule has 0 aliphatic heterocycles. The number of fused-ring (bicyclic) bond motifs is 1. The maximum atomic E-state index is 13.6. The molecular formula is C24H22ClFN4O. The molecule has 5 nitrogen and oxygen atoms in total. The Morgan fingerprint density at radius 2 is 1.90 bits per heavy atom. The van der Waals surface area contributed by atoms with Gasteiger partial charge in [-0.15, -0.1) is 0 Å². The largest absolute Gasteiger partial charge is 0.352 e. The van der Waals surface area contributed by atoms with Crippen LogP contribution in [0.2, 0.25) is 5.02 Å². The lowest BCUT2D eigenvalue weighted by Gasteiger charge is -2.11. The van der Waals surface area contributed by atoms with Gasteiger partial charge in [0.05, 0.1) is 5.69 Å². The smallest absolute Gasteiger partial charge is 0.220 e. The zero-order valence-corrected chi connectivity index (χ0v) is 18.1. The van der Waals surface area contributed by atoms with Crippen LogP contribution in [0.1, 0.15) is 28.9 Å². The van der Waals surface area contributed by atoms with Crippen LogP contribution in [-0.4, -0.2) is 20.5 Å². The lowest BCUT2D eigenvalue weighted by atomic mass is 10.1. The molecule has 0 aliphatic rings. The molecule has 2 heterocycles. The summed E-state index contributed by atoms with van der Waals surface area (Å²) >= 11 is 5.89. The summed E-state index contributed by atoms with van der Waals surface area (Å²) in [5, 5.41) is 8.22. The van der Waals surface area contributed by atoms with Gasteiger partial charge >= 0.3 is 0 Å². The maximum Gasteiger partial charge on any atom is 0.220 e. The monoisotopic (exact) mass is 436 g/mol. The van der Waals surface area contributed by atoms with Crippen molar-refractivity contribution < 1.29 is 9.18 Å². The van der Waals surface area contributed by atoms with Crippen LogP contribution in [0.4, 0.5) is 4.39 Å². The first kappa shape index (κ1) is 21.0. The first-order chi connectivity index (χ1) is 14.9. The zero-order chi connectivity index (χ0) is 22.0. The van der Waals surface area contributed by atoms with Gasteiger partial charge in [-0.3, -0.25) is 4.79 Å². The van der Waals surface area contributed by atoms with Crippen molar-refractivity contribution in [3.63, 3.8) is 0 Å². The molecule has 0 fully saturated rings. The number of hydrogen-bond donors (Lipinski definition) is 1. The van der Waals surface area contributed by atoms with Crippen molar-refractivity contribution in [1.82, 2.24) is 19.9 Å². The van der Waals surface area contributed by atoms with E-state index in [9.17, 15) is 9.18 Å². The van der Waals surface area contributed by atoms with Gasteiger partial charge in [-0.05, 0) is 55.7 Å². The normalized spacial score (nSPS) is 11.1. The topological polar surface area (TPSA) is 59.3 Å². The lowest BCUT2D eigenvalue weighted by molar-refractivity contribution is -0.121. The van der Waals surface area contributed by atoms with Gasteiger partial charge in [0.15, 0.2) is 5.65 Å². The number of aryl methyl sites for hydroxylation is 2.